The number of nitrogens with zero attached hydrogens (tertiary/aromatic N) is 12. The molecule has 10 heterocycles. The Labute approximate surface area is 473 Å². The molecule has 8 aromatic rings. The minimum absolute atomic E-state index is 0.0140. The molecular weight excluding hydrogens is 1060 g/mol. The van der Waals surface area contributed by atoms with Gasteiger partial charge in [0.15, 0.2) is 40.1 Å². The fraction of sp³-hybridized carbons (Fsp3) is 0.464. The van der Waals surface area contributed by atoms with Crippen molar-refractivity contribution in [1.29, 1.82) is 0 Å². The standard InChI is InChI=1S/C28H34N8O4.C17H16ClN5O3.C11H19N3O/c1-28(2,3)20-13-22(34-36(20)17-9-11-39-15-17)32-27-33-25-23(35(27)4)24(38-5)19(14-30-25)40-18-8-10-29-21(12-18)31-26(37)16-6-7-16;1-23-13-14(25-2)11(8-20-15(13)22-17(23)18)26-10-5-6-19-12(7-10)21-16(24)9-3-4-9;1-11(2,3)9-6-10(12)13-14(9)8-4-5-15-7-8/h8,10,12-14,16-17H,6-7,9,11,15H2,1-5H3,(H,29,31,37)(H,30,32,33,34);5-9H,3-4H2,1-2H3,(H,19,21,24);6,8H,4-5,7H2,1-3H3,(H2,12,13)/t17-;;8-/m0.0/s1. The minimum Gasteiger partial charge on any atom is -0.491 e. The Morgan fingerprint density at radius 2 is 1.12 bits per heavy atom. The summed E-state index contributed by atoms with van der Waals surface area (Å²) in [7, 11) is 6.77. The number of pyridine rings is 4. The van der Waals surface area contributed by atoms with Crippen LogP contribution in [0.5, 0.6) is 34.5 Å². The first-order chi connectivity index (χ1) is 38.8. The summed E-state index contributed by atoms with van der Waals surface area (Å²) in [5.41, 5.74) is 10.3. The lowest BCUT2D eigenvalue weighted by Gasteiger charge is -2.22. The molecule has 25 heteroatoms. The van der Waals surface area contributed by atoms with Crippen molar-refractivity contribution in [3.05, 3.63) is 77.9 Å². The number of rotatable bonds is 14. The molecular formula is C56H69ClN16O8. The van der Waals surface area contributed by atoms with Crippen LogP contribution in [0.4, 0.5) is 29.2 Å². The molecule has 2 saturated carbocycles. The third kappa shape index (κ3) is 12.8. The van der Waals surface area contributed by atoms with Crippen LogP contribution in [0.2, 0.25) is 5.28 Å². The number of carbonyl (C=O) groups is 2. The molecule has 2 aliphatic carbocycles. The van der Waals surface area contributed by atoms with E-state index in [4.69, 9.17) is 55.8 Å². The zero-order valence-electron chi connectivity index (χ0n) is 47.2. The summed E-state index contributed by atoms with van der Waals surface area (Å²) < 4.78 is 42.0. The number of fused-ring (bicyclic) bond motifs is 2. The topological polar surface area (TPSA) is 274 Å². The van der Waals surface area contributed by atoms with Gasteiger partial charge < -0.3 is 59.2 Å². The van der Waals surface area contributed by atoms with Crippen LogP contribution in [0.25, 0.3) is 22.3 Å². The maximum absolute atomic E-state index is 12.1. The molecule has 0 spiro atoms. The highest BCUT2D eigenvalue weighted by atomic mass is 35.5. The van der Waals surface area contributed by atoms with Crippen molar-refractivity contribution >= 4 is 75.0 Å². The van der Waals surface area contributed by atoms with E-state index in [0.29, 0.717) is 104 Å². The minimum atomic E-state index is -0.0909. The quantitative estimate of drug-likeness (QED) is 0.0788. The van der Waals surface area contributed by atoms with Gasteiger partial charge in [0.05, 0.1) is 51.9 Å². The number of nitrogens with one attached hydrogen (secondary N) is 3. The summed E-state index contributed by atoms with van der Waals surface area (Å²) in [6.45, 7) is 16.0. The van der Waals surface area contributed by atoms with Crippen LogP contribution in [0.15, 0.2) is 61.2 Å². The molecule has 0 aromatic carbocycles. The Bertz CT molecular complexity index is 3580. The zero-order valence-corrected chi connectivity index (χ0v) is 48.0. The van der Waals surface area contributed by atoms with E-state index in [2.05, 4.69) is 98.3 Å². The number of hydrogen-bond donors (Lipinski definition) is 4. The number of nitrogens with two attached hydrogens (primary N) is 1. The van der Waals surface area contributed by atoms with E-state index in [1.54, 1.807) is 61.6 Å². The number of amides is 2. The highest BCUT2D eigenvalue weighted by Crippen LogP contribution is 2.41. The van der Waals surface area contributed by atoms with Gasteiger partial charge in [-0.25, -0.2) is 19.9 Å². The molecule has 0 bridgehead atoms. The zero-order chi connectivity index (χ0) is 57.3. The van der Waals surface area contributed by atoms with Gasteiger partial charge in [-0.15, -0.1) is 0 Å². The van der Waals surface area contributed by atoms with Crippen LogP contribution >= 0.6 is 11.6 Å². The van der Waals surface area contributed by atoms with Crippen LogP contribution in [-0.4, -0.2) is 111 Å². The lowest BCUT2D eigenvalue weighted by atomic mass is 9.91. The van der Waals surface area contributed by atoms with Gasteiger partial charge in [0.25, 0.3) is 0 Å². The highest BCUT2D eigenvalue weighted by molar-refractivity contribution is 6.29. The smallest absolute Gasteiger partial charge is 0.228 e. The number of methoxy groups -OCH3 is 2. The molecule has 2 amide bonds. The number of hydrogen-bond acceptors (Lipinski definition) is 18. The van der Waals surface area contributed by atoms with Crippen LogP contribution < -0.4 is 40.6 Å². The number of imidazole rings is 2. The van der Waals surface area contributed by atoms with Gasteiger partial charge in [-0.1, -0.05) is 41.5 Å². The van der Waals surface area contributed by atoms with Crippen LogP contribution in [0.1, 0.15) is 104 Å². The first-order valence-corrected chi connectivity index (χ1v) is 27.4. The van der Waals surface area contributed by atoms with Gasteiger partial charge in [0.2, 0.25) is 23.0 Å². The molecule has 4 aliphatic rings. The molecule has 2 atom stereocenters. The maximum Gasteiger partial charge on any atom is 0.228 e. The third-order valence-corrected chi connectivity index (χ3v) is 14.4. The number of halogens is 1. The van der Waals surface area contributed by atoms with E-state index in [1.807, 2.05) is 22.4 Å². The average molecular weight is 1130 g/mol. The summed E-state index contributed by atoms with van der Waals surface area (Å²) in [4.78, 5) is 50.1. The SMILES string of the molecule is CC(C)(C)c1cc(N)nn1[C@H]1CCOC1.COc1c(Oc2ccnc(NC(=O)C3CC3)c2)cnc2nc(Cl)n(C)c12.COc1c(Oc2ccnc(NC(=O)C3CC3)c2)cnc2nc(Nc3cc(C(C)(C)C)n([C@H]4CCOC4)n3)n(C)c12. The van der Waals surface area contributed by atoms with E-state index in [0.717, 1.165) is 64.0 Å². The summed E-state index contributed by atoms with van der Waals surface area (Å²) >= 11 is 6.06. The molecule has 2 saturated heterocycles. The number of anilines is 5. The number of nitrogen functional groups attached to an aromatic ring is 1. The predicted octanol–water partition coefficient (Wildman–Crippen LogP) is 9.60. The van der Waals surface area contributed by atoms with Crippen molar-refractivity contribution in [2.75, 3.05) is 62.3 Å². The second kappa shape index (κ2) is 23.2. The monoisotopic (exact) mass is 1130 g/mol. The number of ether oxygens (including phenoxy) is 6. The molecule has 2 aliphatic heterocycles. The Hall–Kier alpha value is -8.09. The second-order valence-electron chi connectivity index (χ2n) is 22.5. The Morgan fingerprint density at radius 3 is 1.59 bits per heavy atom. The highest BCUT2D eigenvalue weighted by Gasteiger charge is 2.33. The first-order valence-electron chi connectivity index (χ1n) is 27.0. The van der Waals surface area contributed by atoms with E-state index >= 15 is 0 Å². The molecule has 8 aromatic heterocycles. The Morgan fingerprint density at radius 1 is 0.642 bits per heavy atom. The molecule has 24 nitrogen and oxygen atoms in total. The van der Waals surface area contributed by atoms with Crippen molar-refractivity contribution in [2.24, 2.45) is 25.9 Å². The largest absolute Gasteiger partial charge is 0.491 e. The molecule has 0 radical (unpaired) electrons. The molecule has 12 rings (SSSR count). The molecule has 0 unspecified atom stereocenters. The van der Waals surface area contributed by atoms with E-state index in [-0.39, 0.29) is 40.5 Å². The normalized spacial score (nSPS) is 17.0. The Balaban J connectivity index is 0.000000153. The average Bonchev–Trinajstić information content (AvgIpc) is 4.21. The fourth-order valence-corrected chi connectivity index (χ4v) is 9.61. The summed E-state index contributed by atoms with van der Waals surface area (Å²) in [5, 5.41) is 18.6. The van der Waals surface area contributed by atoms with Crippen molar-refractivity contribution in [1.82, 2.24) is 58.6 Å². The van der Waals surface area contributed by atoms with Crippen LogP contribution in [-0.2, 0) is 44.0 Å². The van der Waals surface area contributed by atoms with Crippen LogP contribution in [0, 0.1) is 11.8 Å². The number of aryl methyl sites for hydroxylation is 2. The van der Waals surface area contributed by atoms with Gasteiger partial charge in [0, 0.05) is 98.0 Å². The van der Waals surface area contributed by atoms with Crippen molar-refractivity contribution in [2.45, 2.75) is 103 Å². The van der Waals surface area contributed by atoms with Gasteiger partial charge in [-0.05, 0) is 62.3 Å². The van der Waals surface area contributed by atoms with Gasteiger partial charge >= 0.3 is 0 Å². The van der Waals surface area contributed by atoms with Crippen molar-refractivity contribution in [3.8, 4) is 34.5 Å². The summed E-state index contributed by atoms with van der Waals surface area (Å²) in [6.07, 6.45) is 11.9. The molecule has 5 N–H and O–H groups in total. The number of carbonyl (C=O) groups excluding carboxylic acids is 2. The lowest BCUT2D eigenvalue weighted by molar-refractivity contribution is -0.118. The molecule has 428 valence electrons. The maximum atomic E-state index is 12.1. The van der Waals surface area contributed by atoms with Crippen LogP contribution in [0.3, 0.4) is 0 Å². The Kier molecular flexibility index (Phi) is 16.1. The second-order valence-corrected chi connectivity index (χ2v) is 22.8. The summed E-state index contributed by atoms with van der Waals surface area (Å²) in [6, 6.07) is 11.3. The number of aromatic nitrogens is 12. The van der Waals surface area contributed by atoms with E-state index in [1.165, 1.54) is 19.0 Å². The van der Waals surface area contributed by atoms with E-state index < -0.39 is 0 Å². The van der Waals surface area contributed by atoms with Crippen molar-refractivity contribution < 1.29 is 38.0 Å². The van der Waals surface area contributed by atoms with Gasteiger partial charge in [-0.2, -0.15) is 20.2 Å². The molecule has 81 heavy (non-hydrogen) atoms. The summed E-state index contributed by atoms with van der Waals surface area (Å²) in [5.74, 6) is 5.67. The van der Waals surface area contributed by atoms with Gasteiger partial charge in [0.1, 0.15) is 40.0 Å². The fourth-order valence-electron chi connectivity index (χ4n) is 9.45. The third-order valence-electron chi connectivity index (χ3n) is 14.1. The van der Waals surface area contributed by atoms with Crippen molar-refractivity contribution in [3.63, 3.8) is 0 Å². The van der Waals surface area contributed by atoms with Gasteiger partial charge in [-0.3, -0.25) is 19.0 Å². The first kappa shape index (κ1) is 56.2. The molecule has 4 fully saturated rings. The lowest BCUT2D eigenvalue weighted by Crippen LogP contribution is -2.22. The van der Waals surface area contributed by atoms with E-state index in [9.17, 15) is 9.59 Å². The predicted molar refractivity (Wildman–Crippen MR) is 305 cm³/mol.